The number of hydrogen-bond acceptors (Lipinski definition) is 5. The molecular formula is C23H20N2O2S. The van der Waals surface area contributed by atoms with E-state index in [1.807, 2.05) is 18.2 Å². The van der Waals surface area contributed by atoms with Crippen LogP contribution < -0.4 is 14.8 Å². The lowest BCUT2D eigenvalue weighted by Gasteiger charge is -2.16. The van der Waals surface area contributed by atoms with Crippen LogP contribution in [0.1, 0.15) is 11.3 Å². The molecule has 0 saturated heterocycles. The number of benzene rings is 2. The molecule has 0 saturated carbocycles. The van der Waals surface area contributed by atoms with Gasteiger partial charge in [-0.05, 0) is 41.3 Å². The Kier molecular flexibility index (Phi) is 4.69. The lowest BCUT2D eigenvalue weighted by atomic mass is 10.0. The summed E-state index contributed by atoms with van der Waals surface area (Å²) < 4.78 is 13.5. The molecule has 0 radical (unpaired) electrons. The van der Waals surface area contributed by atoms with Crippen LogP contribution in [0.4, 0.5) is 0 Å². The third-order valence-corrected chi connectivity index (χ3v) is 5.83. The second-order valence-corrected chi connectivity index (χ2v) is 7.65. The largest absolute Gasteiger partial charge is 0.488 e. The molecule has 0 fully saturated rings. The van der Waals surface area contributed by atoms with Gasteiger partial charge in [-0.3, -0.25) is 4.98 Å². The zero-order valence-corrected chi connectivity index (χ0v) is 16.2. The summed E-state index contributed by atoms with van der Waals surface area (Å²) in [7, 11) is 0. The van der Waals surface area contributed by atoms with E-state index < -0.39 is 0 Å². The van der Waals surface area contributed by atoms with Crippen LogP contribution in [-0.2, 0) is 13.2 Å². The fourth-order valence-electron chi connectivity index (χ4n) is 3.50. The highest BCUT2D eigenvalue weighted by atomic mass is 32.1. The lowest BCUT2D eigenvalue weighted by molar-refractivity contribution is 0.263. The maximum atomic E-state index is 6.18. The van der Waals surface area contributed by atoms with Crippen LogP contribution in [0.25, 0.3) is 21.2 Å². The molecule has 0 aliphatic carbocycles. The van der Waals surface area contributed by atoms with Gasteiger partial charge in [0.05, 0.1) is 5.69 Å². The quantitative estimate of drug-likeness (QED) is 0.533. The highest BCUT2D eigenvalue weighted by molar-refractivity contribution is 7.17. The second kappa shape index (κ2) is 7.62. The van der Waals surface area contributed by atoms with Crippen LogP contribution in [0, 0.1) is 0 Å². The van der Waals surface area contributed by atoms with Crippen molar-refractivity contribution in [3.8, 4) is 22.6 Å². The molecule has 140 valence electrons. The predicted octanol–water partition coefficient (Wildman–Crippen LogP) is 5.02. The van der Waals surface area contributed by atoms with Gasteiger partial charge < -0.3 is 14.8 Å². The molecule has 1 N–H and O–H groups in total. The van der Waals surface area contributed by atoms with Crippen molar-refractivity contribution in [2.75, 3.05) is 13.2 Å². The average Bonchev–Trinajstić information content (AvgIpc) is 3.03. The molecule has 5 rings (SSSR count). The molecule has 0 spiro atoms. The van der Waals surface area contributed by atoms with Crippen LogP contribution in [0.2, 0.25) is 0 Å². The SMILES string of the molecule is c1ccc(COc2cc(-c3csc4ccccc34)cc3c2OCCNC3)nc1. The minimum atomic E-state index is 0.415. The standard InChI is InChI=1S/C23H20N2O2S/c1-2-7-22-19(6-1)20(15-28-22)16-11-17-13-24-9-10-26-23(17)21(12-16)27-14-18-5-3-4-8-25-18/h1-8,11-12,15,24H,9-10,13-14H2. The molecule has 0 atom stereocenters. The van der Waals surface area contributed by atoms with Crippen LogP contribution in [-0.4, -0.2) is 18.1 Å². The number of fused-ring (bicyclic) bond motifs is 2. The fraction of sp³-hybridized carbons (Fsp3) is 0.174. The third-order valence-electron chi connectivity index (χ3n) is 4.87. The first kappa shape index (κ1) is 17.2. The second-order valence-electron chi connectivity index (χ2n) is 6.74. The number of nitrogens with zero attached hydrogens (tertiary/aromatic N) is 1. The molecule has 0 amide bonds. The van der Waals surface area contributed by atoms with Gasteiger partial charge in [0.2, 0.25) is 0 Å². The molecule has 5 heteroatoms. The first-order valence-corrected chi connectivity index (χ1v) is 10.3. The number of thiophene rings is 1. The Morgan fingerprint density at radius 3 is 2.96 bits per heavy atom. The third kappa shape index (κ3) is 3.35. The highest BCUT2D eigenvalue weighted by Gasteiger charge is 2.18. The Labute approximate surface area is 167 Å². The van der Waals surface area contributed by atoms with E-state index in [4.69, 9.17) is 9.47 Å². The highest BCUT2D eigenvalue weighted by Crippen LogP contribution is 2.41. The first-order chi connectivity index (χ1) is 13.9. The smallest absolute Gasteiger partial charge is 0.165 e. The van der Waals surface area contributed by atoms with Crippen molar-refractivity contribution >= 4 is 21.4 Å². The molecular weight excluding hydrogens is 368 g/mol. The van der Waals surface area contributed by atoms with E-state index in [1.54, 1.807) is 17.5 Å². The van der Waals surface area contributed by atoms with Gasteiger partial charge in [-0.2, -0.15) is 0 Å². The van der Waals surface area contributed by atoms with Crippen LogP contribution in [0.3, 0.4) is 0 Å². The fourth-order valence-corrected chi connectivity index (χ4v) is 4.47. The van der Waals surface area contributed by atoms with Gasteiger partial charge >= 0.3 is 0 Å². The van der Waals surface area contributed by atoms with Crippen molar-refractivity contribution < 1.29 is 9.47 Å². The van der Waals surface area contributed by atoms with E-state index in [2.05, 4.69) is 52.1 Å². The normalized spacial score (nSPS) is 13.6. The zero-order valence-electron chi connectivity index (χ0n) is 15.4. The molecule has 28 heavy (non-hydrogen) atoms. The van der Waals surface area contributed by atoms with Gasteiger partial charge in [0.15, 0.2) is 11.5 Å². The average molecular weight is 388 g/mol. The monoisotopic (exact) mass is 388 g/mol. The van der Waals surface area contributed by atoms with Crippen LogP contribution in [0.15, 0.2) is 66.2 Å². The lowest BCUT2D eigenvalue weighted by Crippen LogP contribution is -2.16. The number of hydrogen-bond donors (Lipinski definition) is 1. The van der Waals surface area contributed by atoms with Crippen molar-refractivity contribution in [1.82, 2.24) is 10.3 Å². The zero-order chi connectivity index (χ0) is 18.8. The molecule has 3 heterocycles. The maximum absolute atomic E-state index is 6.18. The van der Waals surface area contributed by atoms with Gasteiger partial charge in [0.25, 0.3) is 0 Å². The topological polar surface area (TPSA) is 43.4 Å². The Bertz CT molecular complexity index is 1110. The minimum Gasteiger partial charge on any atom is -0.488 e. The van der Waals surface area contributed by atoms with Crippen LogP contribution >= 0.6 is 11.3 Å². The summed E-state index contributed by atoms with van der Waals surface area (Å²) in [6, 6.07) is 18.7. The van der Waals surface area contributed by atoms with E-state index >= 15 is 0 Å². The van der Waals surface area contributed by atoms with E-state index in [1.165, 1.54) is 15.6 Å². The maximum Gasteiger partial charge on any atom is 0.165 e. The summed E-state index contributed by atoms with van der Waals surface area (Å²) in [5, 5.41) is 6.92. The van der Waals surface area contributed by atoms with Crippen molar-refractivity contribution in [1.29, 1.82) is 0 Å². The van der Waals surface area contributed by atoms with E-state index in [0.717, 1.165) is 41.4 Å². The van der Waals surface area contributed by atoms with E-state index in [9.17, 15) is 0 Å². The Morgan fingerprint density at radius 1 is 1.11 bits per heavy atom. The Balaban J connectivity index is 1.57. The summed E-state index contributed by atoms with van der Waals surface area (Å²) >= 11 is 1.77. The Morgan fingerprint density at radius 2 is 2.04 bits per heavy atom. The molecule has 2 aromatic carbocycles. The molecule has 0 unspecified atom stereocenters. The number of pyridine rings is 1. The van der Waals surface area contributed by atoms with E-state index in [0.29, 0.717) is 13.2 Å². The summed E-state index contributed by atoms with van der Waals surface area (Å²) in [5.41, 5.74) is 4.41. The number of nitrogens with one attached hydrogen (secondary N) is 1. The summed E-state index contributed by atoms with van der Waals surface area (Å²) in [6.45, 7) is 2.64. The van der Waals surface area contributed by atoms with Crippen molar-refractivity contribution in [2.24, 2.45) is 0 Å². The minimum absolute atomic E-state index is 0.415. The molecule has 4 aromatic rings. The molecule has 1 aliphatic heterocycles. The predicted molar refractivity (Wildman–Crippen MR) is 113 cm³/mol. The van der Waals surface area contributed by atoms with Crippen molar-refractivity contribution in [3.05, 3.63) is 77.4 Å². The number of ether oxygens (including phenoxy) is 2. The van der Waals surface area contributed by atoms with Crippen LogP contribution in [0.5, 0.6) is 11.5 Å². The van der Waals surface area contributed by atoms with Gasteiger partial charge in [0, 0.05) is 40.5 Å². The van der Waals surface area contributed by atoms with Gasteiger partial charge in [-0.15, -0.1) is 11.3 Å². The van der Waals surface area contributed by atoms with Crippen molar-refractivity contribution in [3.63, 3.8) is 0 Å². The van der Waals surface area contributed by atoms with Gasteiger partial charge in [-0.25, -0.2) is 0 Å². The summed E-state index contributed by atoms with van der Waals surface area (Å²) in [6.07, 6.45) is 1.79. The van der Waals surface area contributed by atoms with Crippen molar-refractivity contribution in [2.45, 2.75) is 13.2 Å². The van der Waals surface area contributed by atoms with E-state index in [-0.39, 0.29) is 0 Å². The number of rotatable bonds is 4. The Hall–Kier alpha value is -2.89. The first-order valence-electron chi connectivity index (χ1n) is 9.38. The molecule has 0 bridgehead atoms. The molecule has 2 aromatic heterocycles. The summed E-state index contributed by atoms with van der Waals surface area (Å²) in [5.74, 6) is 1.61. The molecule has 1 aliphatic rings. The summed E-state index contributed by atoms with van der Waals surface area (Å²) in [4.78, 5) is 4.36. The number of aromatic nitrogens is 1. The molecule has 4 nitrogen and oxygen atoms in total. The van der Waals surface area contributed by atoms with Gasteiger partial charge in [-0.1, -0.05) is 24.3 Å². The van der Waals surface area contributed by atoms with Gasteiger partial charge in [0.1, 0.15) is 13.2 Å².